The van der Waals surface area contributed by atoms with E-state index in [4.69, 9.17) is 9.47 Å². The molecule has 0 spiro atoms. The highest BCUT2D eigenvalue weighted by atomic mass is 127. The number of nitrogens with zero attached hydrogens (tertiary/aromatic N) is 5. The standard InChI is InChI=1S/C16H32N6O2.HI/c1-5-7-9-23-11-12-24-10-8-18-16(17-6-2)21(3)13-15-19-14-20-22(15)4;/h14H,5-13H2,1-4H3,(H,17,18);1H. The van der Waals surface area contributed by atoms with Crippen LogP contribution in [0, 0.1) is 0 Å². The molecule has 0 aliphatic rings. The summed E-state index contributed by atoms with van der Waals surface area (Å²) < 4.78 is 12.8. The van der Waals surface area contributed by atoms with Crippen LogP contribution in [0.25, 0.3) is 0 Å². The molecule has 0 radical (unpaired) electrons. The second-order valence-corrected chi connectivity index (χ2v) is 5.47. The lowest BCUT2D eigenvalue weighted by Gasteiger charge is -2.21. The van der Waals surface area contributed by atoms with Crippen LogP contribution in [0.4, 0.5) is 0 Å². The third kappa shape index (κ3) is 10.6. The van der Waals surface area contributed by atoms with Gasteiger partial charge in [0.1, 0.15) is 12.2 Å². The number of nitrogens with one attached hydrogen (secondary N) is 1. The number of guanidine groups is 1. The Morgan fingerprint density at radius 1 is 1.24 bits per heavy atom. The first-order valence-corrected chi connectivity index (χ1v) is 8.66. The van der Waals surface area contributed by atoms with Crippen molar-refractivity contribution in [3.8, 4) is 0 Å². The van der Waals surface area contributed by atoms with Crippen LogP contribution >= 0.6 is 24.0 Å². The number of halogens is 1. The van der Waals surface area contributed by atoms with E-state index in [1.165, 1.54) is 0 Å². The molecule has 146 valence electrons. The highest BCUT2D eigenvalue weighted by molar-refractivity contribution is 14.0. The van der Waals surface area contributed by atoms with Crippen molar-refractivity contribution in [2.75, 3.05) is 46.6 Å². The van der Waals surface area contributed by atoms with Crippen LogP contribution < -0.4 is 5.32 Å². The highest BCUT2D eigenvalue weighted by Gasteiger charge is 2.09. The summed E-state index contributed by atoms with van der Waals surface area (Å²) in [6.07, 6.45) is 3.82. The molecule has 8 nitrogen and oxygen atoms in total. The molecule has 0 atom stereocenters. The minimum absolute atomic E-state index is 0. The quantitative estimate of drug-likeness (QED) is 0.218. The molecular formula is C16H33IN6O2. The van der Waals surface area contributed by atoms with Crippen LogP contribution in [-0.2, 0) is 23.1 Å². The molecule has 0 aliphatic carbocycles. The van der Waals surface area contributed by atoms with Crippen LogP contribution in [0.2, 0.25) is 0 Å². The number of unbranched alkanes of at least 4 members (excludes halogenated alkanes) is 1. The number of hydrogen-bond donors (Lipinski definition) is 1. The fourth-order valence-corrected chi connectivity index (χ4v) is 2.00. The van der Waals surface area contributed by atoms with Gasteiger partial charge in [-0.05, 0) is 13.3 Å². The van der Waals surface area contributed by atoms with E-state index in [0.717, 1.165) is 37.8 Å². The van der Waals surface area contributed by atoms with E-state index in [-0.39, 0.29) is 24.0 Å². The predicted molar refractivity (Wildman–Crippen MR) is 110 cm³/mol. The maximum atomic E-state index is 5.54. The SMILES string of the molecule is CCCCOCCOCCN=C(NCC)N(C)Cc1ncnn1C.I. The Labute approximate surface area is 168 Å². The molecular weight excluding hydrogens is 435 g/mol. The Kier molecular flexibility index (Phi) is 14.7. The van der Waals surface area contributed by atoms with Crippen molar-refractivity contribution in [2.24, 2.45) is 12.0 Å². The summed E-state index contributed by atoms with van der Waals surface area (Å²) in [7, 11) is 3.87. The van der Waals surface area contributed by atoms with Crippen molar-refractivity contribution in [3.05, 3.63) is 12.2 Å². The summed E-state index contributed by atoms with van der Waals surface area (Å²) in [5, 5.41) is 7.36. The van der Waals surface area contributed by atoms with Gasteiger partial charge in [0.05, 0.1) is 32.9 Å². The summed E-state index contributed by atoms with van der Waals surface area (Å²) in [5.74, 6) is 1.73. The van der Waals surface area contributed by atoms with Crippen molar-refractivity contribution >= 4 is 29.9 Å². The van der Waals surface area contributed by atoms with E-state index in [2.05, 4.69) is 34.2 Å². The average Bonchev–Trinajstić information content (AvgIpc) is 2.97. The van der Waals surface area contributed by atoms with E-state index >= 15 is 0 Å². The molecule has 0 aliphatic heterocycles. The molecule has 0 saturated heterocycles. The second-order valence-electron chi connectivity index (χ2n) is 5.47. The maximum Gasteiger partial charge on any atom is 0.194 e. The monoisotopic (exact) mass is 468 g/mol. The van der Waals surface area contributed by atoms with Gasteiger partial charge in [0.15, 0.2) is 5.96 Å². The number of aromatic nitrogens is 3. The van der Waals surface area contributed by atoms with Crippen molar-refractivity contribution in [1.82, 2.24) is 25.0 Å². The smallest absolute Gasteiger partial charge is 0.194 e. The summed E-state index contributed by atoms with van der Waals surface area (Å²) in [5.41, 5.74) is 0. The Morgan fingerprint density at radius 3 is 2.56 bits per heavy atom. The average molecular weight is 468 g/mol. The minimum atomic E-state index is 0. The Hall–Kier alpha value is -0.940. The second kappa shape index (κ2) is 15.3. The molecule has 0 bridgehead atoms. The van der Waals surface area contributed by atoms with Gasteiger partial charge >= 0.3 is 0 Å². The zero-order chi connectivity index (χ0) is 17.6. The number of hydrogen-bond acceptors (Lipinski definition) is 5. The van der Waals surface area contributed by atoms with Crippen LogP contribution in [0.5, 0.6) is 0 Å². The van der Waals surface area contributed by atoms with Crippen molar-refractivity contribution in [2.45, 2.75) is 33.2 Å². The molecule has 1 N–H and O–H groups in total. The van der Waals surface area contributed by atoms with Gasteiger partial charge in [-0.25, -0.2) is 4.98 Å². The fourth-order valence-electron chi connectivity index (χ4n) is 2.00. The Balaban J connectivity index is 0.00000576. The van der Waals surface area contributed by atoms with Gasteiger partial charge in [-0.3, -0.25) is 9.67 Å². The molecule has 1 aromatic rings. The Morgan fingerprint density at radius 2 is 1.96 bits per heavy atom. The molecule has 0 unspecified atom stereocenters. The number of ether oxygens (including phenoxy) is 2. The van der Waals surface area contributed by atoms with Crippen molar-refractivity contribution < 1.29 is 9.47 Å². The topological polar surface area (TPSA) is 76.8 Å². The molecule has 1 rings (SSSR count). The number of aliphatic imine (C=N–C) groups is 1. The summed E-state index contributed by atoms with van der Waals surface area (Å²) in [4.78, 5) is 10.8. The molecule has 9 heteroatoms. The van der Waals surface area contributed by atoms with Crippen molar-refractivity contribution in [1.29, 1.82) is 0 Å². The highest BCUT2D eigenvalue weighted by Crippen LogP contribution is 1.98. The normalized spacial score (nSPS) is 11.3. The first-order chi connectivity index (χ1) is 11.7. The van der Waals surface area contributed by atoms with Crippen LogP contribution in [-0.4, -0.2) is 72.2 Å². The molecule has 0 fully saturated rings. The molecule has 1 heterocycles. The van der Waals surface area contributed by atoms with Crippen LogP contribution in [0.3, 0.4) is 0 Å². The maximum absolute atomic E-state index is 5.54. The van der Waals surface area contributed by atoms with Gasteiger partial charge in [0.2, 0.25) is 0 Å². The molecule has 0 saturated carbocycles. The largest absolute Gasteiger partial charge is 0.379 e. The van der Waals surface area contributed by atoms with Gasteiger partial charge in [-0.15, -0.1) is 24.0 Å². The Bertz CT molecular complexity index is 469. The lowest BCUT2D eigenvalue weighted by Crippen LogP contribution is -2.39. The van der Waals surface area contributed by atoms with Gasteiger partial charge in [0.25, 0.3) is 0 Å². The predicted octanol–water partition coefficient (Wildman–Crippen LogP) is 1.66. The molecule has 25 heavy (non-hydrogen) atoms. The minimum Gasteiger partial charge on any atom is -0.379 e. The van der Waals surface area contributed by atoms with E-state index in [9.17, 15) is 0 Å². The van der Waals surface area contributed by atoms with Gasteiger partial charge < -0.3 is 19.7 Å². The zero-order valence-corrected chi connectivity index (χ0v) is 18.2. The molecule has 0 amide bonds. The molecule has 0 aromatic carbocycles. The summed E-state index contributed by atoms with van der Waals surface area (Å²) in [6, 6.07) is 0. The van der Waals surface area contributed by atoms with E-state index < -0.39 is 0 Å². The summed E-state index contributed by atoms with van der Waals surface area (Å²) >= 11 is 0. The van der Waals surface area contributed by atoms with Crippen LogP contribution in [0.1, 0.15) is 32.5 Å². The first kappa shape index (κ1) is 24.1. The third-order valence-corrected chi connectivity index (χ3v) is 3.39. The number of rotatable bonds is 12. The van der Waals surface area contributed by atoms with Crippen molar-refractivity contribution in [3.63, 3.8) is 0 Å². The van der Waals surface area contributed by atoms with E-state index in [1.54, 1.807) is 11.0 Å². The van der Waals surface area contributed by atoms with Gasteiger partial charge in [-0.1, -0.05) is 13.3 Å². The van der Waals surface area contributed by atoms with Crippen LogP contribution in [0.15, 0.2) is 11.3 Å². The summed E-state index contributed by atoms with van der Waals surface area (Å²) in [6.45, 7) is 8.94. The molecule has 1 aromatic heterocycles. The van der Waals surface area contributed by atoms with Gasteiger partial charge in [-0.2, -0.15) is 5.10 Å². The van der Waals surface area contributed by atoms with E-state index in [1.807, 2.05) is 19.0 Å². The van der Waals surface area contributed by atoms with Gasteiger partial charge in [0, 0.05) is 27.2 Å². The third-order valence-electron chi connectivity index (χ3n) is 3.39. The fraction of sp³-hybridized carbons (Fsp3) is 0.812. The zero-order valence-electron chi connectivity index (χ0n) is 15.9. The first-order valence-electron chi connectivity index (χ1n) is 8.66. The lowest BCUT2D eigenvalue weighted by atomic mass is 10.4. The lowest BCUT2D eigenvalue weighted by molar-refractivity contribution is 0.0497. The number of aryl methyl sites for hydroxylation is 1. The van der Waals surface area contributed by atoms with E-state index in [0.29, 0.717) is 32.9 Å².